The zero-order valence-electron chi connectivity index (χ0n) is 17.6. The third-order valence-corrected chi connectivity index (χ3v) is 6.16. The Balaban J connectivity index is 2.13. The maximum Gasteiger partial charge on any atom is 0.337 e. The molecule has 164 valence electrons. The van der Waals surface area contributed by atoms with Crippen LogP contribution >= 0.6 is 0 Å². The van der Waals surface area contributed by atoms with Gasteiger partial charge in [-0.3, -0.25) is 0 Å². The smallest absolute Gasteiger partial charge is 0.337 e. The highest BCUT2D eigenvalue weighted by Gasteiger charge is 2.19. The minimum Gasteiger partial charge on any atom is -0.493 e. The van der Waals surface area contributed by atoms with E-state index in [0.29, 0.717) is 23.6 Å². The Bertz CT molecular complexity index is 991. The van der Waals surface area contributed by atoms with Gasteiger partial charge in [0.15, 0.2) is 11.5 Å². The summed E-state index contributed by atoms with van der Waals surface area (Å²) in [5.74, 6) is -0.0364. The standard InChI is InChI=1S/C21H28N2O6S/c1-5-14(2)23-18-8-7-16(13-17(18)21(24)25)30(26,27)22-11-10-15-6-9-19(28-3)20(12-15)29-4/h6-9,12-14,22-23H,5,10-11H2,1-4H3,(H,24,25)/t14-/m0/s1. The molecule has 0 aromatic heterocycles. The van der Waals surface area contributed by atoms with Crippen molar-refractivity contribution >= 4 is 21.7 Å². The minimum atomic E-state index is -3.86. The van der Waals surface area contributed by atoms with Crippen LogP contribution in [0.1, 0.15) is 36.2 Å². The molecule has 2 aromatic rings. The van der Waals surface area contributed by atoms with E-state index in [1.54, 1.807) is 19.2 Å². The van der Waals surface area contributed by atoms with Gasteiger partial charge in [0.1, 0.15) is 0 Å². The molecular weight excluding hydrogens is 408 g/mol. The van der Waals surface area contributed by atoms with Gasteiger partial charge < -0.3 is 19.9 Å². The number of carboxylic acid groups (broad SMARTS) is 1. The van der Waals surface area contributed by atoms with Gasteiger partial charge >= 0.3 is 5.97 Å². The molecule has 0 aliphatic heterocycles. The second kappa shape index (κ2) is 10.3. The van der Waals surface area contributed by atoms with Gasteiger partial charge in [-0.25, -0.2) is 17.9 Å². The number of benzene rings is 2. The molecule has 8 nitrogen and oxygen atoms in total. The summed E-state index contributed by atoms with van der Waals surface area (Å²) in [7, 11) is -0.789. The van der Waals surface area contributed by atoms with Crippen molar-refractivity contribution in [2.24, 2.45) is 0 Å². The Hall–Kier alpha value is -2.78. The Kier molecular flexibility index (Phi) is 8.08. The van der Waals surface area contributed by atoms with Gasteiger partial charge in [-0.05, 0) is 55.7 Å². The quantitative estimate of drug-likeness (QED) is 0.496. The van der Waals surface area contributed by atoms with Crippen molar-refractivity contribution in [2.45, 2.75) is 37.6 Å². The number of carbonyl (C=O) groups is 1. The van der Waals surface area contributed by atoms with Crippen LogP contribution in [0.4, 0.5) is 5.69 Å². The molecule has 0 saturated carbocycles. The van der Waals surface area contributed by atoms with E-state index < -0.39 is 16.0 Å². The maximum atomic E-state index is 12.6. The van der Waals surface area contributed by atoms with E-state index in [9.17, 15) is 18.3 Å². The van der Waals surface area contributed by atoms with Gasteiger partial charge in [-0.15, -0.1) is 0 Å². The predicted octanol–water partition coefficient (Wildman–Crippen LogP) is 3.13. The molecule has 30 heavy (non-hydrogen) atoms. The summed E-state index contributed by atoms with van der Waals surface area (Å²) < 4.78 is 38.2. The fraction of sp³-hybridized carbons (Fsp3) is 0.381. The monoisotopic (exact) mass is 436 g/mol. The second-order valence-corrected chi connectivity index (χ2v) is 8.57. The van der Waals surface area contributed by atoms with Crippen LogP contribution in [0, 0.1) is 0 Å². The van der Waals surface area contributed by atoms with E-state index >= 15 is 0 Å². The zero-order valence-corrected chi connectivity index (χ0v) is 18.4. The molecule has 2 aromatic carbocycles. The van der Waals surface area contributed by atoms with Crippen molar-refractivity contribution in [1.29, 1.82) is 0 Å². The highest BCUT2D eigenvalue weighted by molar-refractivity contribution is 7.89. The number of rotatable bonds is 11. The lowest BCUT2D eigenvalue weighted by Gasteiger charge is -2.16. The fourth-order valence-electron chi connectivity index (χ4n) is 2.81. The molecule has 0 fully saturated rings. The molecule has 1 atom stereocenters. The third-order valence-electron chi connectivity index (χ3n) is 4.70. The fourth-order valence-corrected chi connectivity index (χ4v) is 3.87. The molecule has 0 heterocycles. The Morgan fingerprint density at radius 1 is 1.10 bits per heavy atom. The third kappa shape index (κ3) is 5.87. The van der Waals surface area contributed by atoms with E-state index in [-0.39, 0.29) is 23.0 Å². The molecule has 0 saturated heterocycles. The van der Waals surface area contributed by atoms with Crippen molar-refractivity contribution in [3.8, 4) is 11.5 Å². The van der Waals surface area contributed by atoms with E-state index in [4.69, 9.17) is 9.47 Å². The molecule has 3 N–H and O–H groups in total. The molecule has 0 unspecified atom stereocenters. The first-order valence-electron chi connectivity index (χ1n) is 9.56. The Morgan fingerprint density at radius 3 is 2.40 bits per heavy atom. The van der Waals surface area contributed by atoms with E-state index in [1.807, 2.05) is 19.9 Å². The number of sulfonamides is 1. The van der Waals surface area contributed by atoms with Crippen LogP contribution in [0.15, 0.2) is 41.3 Å². The number of anilines is 1. The Labute approximate surface area is 177 Å². The van der Waals surface area contributed by atoms with Crippen LogP contribution in [-0.4, -0.2) is 46.3 Å². The van der Waals surface area contributed by atoms with Gasteiger partial charge in [0, 0.05) is 18.3 Å². The largest absolute Gasteiger partial charge is 0.493 e. The average molecular weight is 437 g/mol. The first kappa shape index (κ1) is 23.5. The lowest BCUT2D eigenvalue weighted by molar-refractivity contribution is 0.0697. The van der Waals surface area contributed by atoms with Crippen LogP contribution in [0.25, 0.3) is 0 Å². The second-order valence-electron chi connectivity index (χ2n) is 6.80. The molecular formula is C21H28N2O6S. The molecule has 0 bridgehead atoms. The van der Waals surface area contributed by atoms with Gasteiger partial charge in [0.25, 0.3) is 0 Å². The molecule has 0 radical (unpaired) electrons. The predicted molar refractivity (Wildman–Crippen MR) is 115 cm³/mol. The molecule has 0 spiro atoms. The summed E-state index contributed by atoms with van der Waals surface area (Å²) in [4.78, 5) is 11.5. The number of nitrogens with one attached hydrogen (secondary N) is 2. The van der Waals surface area contributed by atoms with E-state index in [1.165, 1.54) is 25.3 Å². The summed E-state index contributed by atoms with van der Waals surface area (Å²) in [6, 6.07) is 9.48. The van der Waals surface area contributed by atoms with Crippen molar-refractivity contribution in [3.05, 3.63) is 47.5 Å². The first-order valence-corrected chi connectivity index (χ1v) is 11.0. The summed E-state index contributed by atoms with van der Waals surface area (Å²) in [6.45, 7) is 4.04. The maximum absolute atomic E-state index is 12.6. The number of aromatic carboxylic acids is 1. The van der Waals surface area contributed by atoms with Crippen molar-refractivity contribution in [3.63, 3.8) is 0 Å². The summed E-state index contributed by atoms with van der Waals surface area (Å²) in [5.41, 5.74) is 1.17. The highest BCUT2D eigenvalue weighted by Crippen LogP contribution is 2.27. The number of methoxy groups -OCH3 is 2. The first-order chi connectivity index (χ1) is 14.2. The van der Waals surface area contributed by atoms with Crippen LogP contribution in [0.2, 0.25) is 0 Å². The van der Waals surface area contributed by atoms with Crippen LogP contribution in [0.5, 0.6) is 11.5 Å². The highest BCUT2D eigenvalue weighted by atomic mass is 32.2. The van der Waals surface area contributed by atoms with Gasteiger partial charge in [0.2, 0.25) is 10.0 Å². The lowest BCUT2D eigenvalue weighted by Crippen LogP contribution is -2.26. The summed E-state index contributed by atoms with van der Waals surface area (Å²) in [5, 5.41) is 12.6. The van der Waals surface area contributed by atoms with E-state index in [2.05, 4.69) is 10.0 Å². The topological polar surface area (TPSA) is 114 Å². The molecule has 0 aliphatic rings. The molecule has 0 amide bonds. The average Bonchev–Trinajstić information content (AvgIpc) is 2.73. The van der Waals surface area contributed by atoms with Crippen molar-refractivity contribution in [1.82, 2.24) is 4.72 Å². The van der Waals surface area contributed by atoms with Crippen LogP contribution in [0.3, 0.4) is 0 Å². The van der Waals surface area contributed by atoms with Gasteiger partial charge in [-0.2, -0.15) is 0 Å². The molecule has 9 heteroatoms. The SMILES string of the molecule is CC[C@H](C)Nc1ccc(S(=O)(=O)NCCc2ccc(OC)c(OC)c2)cc1C(=O)O. The van der Waals surface area contributed by atoms with Crippen molar-refractivity contribution < 1.29 is 27.8 Å². The van der Waals surface area contributed by atoms with Gasteiger partial charge in [-0.1, -0.05) is 13.0 Å². The number of hydrogen-bond donors (Lipinski definition) is 3. The van der Waals surface area contributed by atoms with E-state index in [0.717, 1.165) is 12.0 Å². The number of carboxylic acids is 1. The number of ether oxygens (including phenoxy) is 2. The van der Waals surface area contributed by atoms with Crippen molar-refractivity contribution in [2.75, 3.05) is 26.1 Å². The Morgan fingerprint density at radius 2 is 1.80 bits per heavy atom. The minimum absolute atomic E-state index is 0.0603. The normalized spacial score (nSPS) is 12.3. The van der Waals surface area contributed by atoms with Crippen LogP contribution < -0.4 is 19.5 Å². The zero-order chi connectivity index (χ0) is 22.3. The summed E-state index contributed by atoms with van der Waals surface area (Å²) >= 11 is 0. The number of hydrogen-bond acceptors (Lipinski definition) is 6. The molecule has 0 aliphatic carbocycles. The van der Waals surface area contributed by atoms with Gasteiger partial charge in [0.05, 0.1) is 24.7 Å². The summed E-state index contributed by atoms with van der Waals surface area (Å²) in [6.07, 6.45) is 1.23. The van der Waals surface area contributed by atoms with Crippen LogP contribution in [-0.2, 0) is 16.4 Å². The molecule has 2 rings (SSSR count). The lowest BCUT2D eigenvalue weighted by atomic mass is 10.1.